The summed E-state index contributed by atoms with van der Waals surface area (Å²) in [5, 5.41) is 4.46. The molecule has 144 valence electrons. The van der Waals surface area contributed by atoms with Crippen molar-refractivity contribution in [2.75, 3.05) is 6.54 Å². The van der Waals surface area contributed by atoms with Crippen LogP contribution in [0, 0.1) is 13.8 Å². The van der Waals surface area contributed by atoms with E-state index in [1.807, 2.05) is 6.92 Å². The van der Waals surface area contributed by atoms with Crippen LogP contribution in [0.2, 0.25) is 0 Å². The number of aryl methyl sites for hydroxylation is 2. The average molecular weight is 392 g/mol. The van der Waals surface area contributed by atoms with E-state index in [4.69, 9.17) is 0 Å². The monoisotopic (exact) mass is 392 g/mol. The van der Waals surface area contributed by atoms with Crippen molar-refractivity contribution in [2.45, 2.75) is 38.8 Å². The van der Waals surface area contributed by atoms with E-state index < -0.39 is 21.3 Å². The number of rotatable bonds is 6. The van der Waals surface area contributed by atoms with Gasteiger partial charge in [-0.3, -0.25) is 19.0 Å². The lowest BCUT2D eigenvalue weighted by molar-refractivity contribution is 0.564. The summed E-state index contributed by atoms with van der Waals surface area (Å²) in [6, 6.07) is 3.14. The highest BCUT2D eigenvalue weighted by molar-refractivity contribution is 7.89. The van der Waals surface area contributed by atoms with Crippen LogP contribution in [-0.2, 0) is 23.1 Å². The largest absolute Gasteiger partial charge is 0.330 e. The minimum atomic E-state index is -3.82. The van der Waals surface area contributed by atoms with Crippen LogP contribution in [0.4, 0.5) is 0 Å². The topological polar surface area (TPSA) is 132 Å². The Morgan fingerprint density at radius 2 is 2.00 bits per heavy atom. The van der Waals surface area contributed by atoms with Crippen LogP contribution in [0.15, 0.2) is 32.8 Å². The molecule has 0 amide bonds. The zero-order chi connectivity index (χ0) is 19.8. The number of aromatic amines is 1. The van der Waals surface area contributed by atoms with Gasteiger partial charge in [-0.25, -0.2) is 22.9 Å². The fourth-order valence-corrected chi connectivity index (χ4v) is 4.46. The summed E-state index contributed by atoms with van der Waals surface area (Å²) in [5.74, 6) is 0. The number of hydrogen-bond donors (Lipinski definition) is 2. The second-order valence-corrected chi connectivity index (χ2v) is 7.70. The third kappa shape index (κ3) is 3.43. The minimum absolute atomic E-state index is 0.113. The second kappa shape index (κ2) is 7.08. The van der Waals surface area contributed by atoms with Crippen LogP contribution in [-0.4, -0.2) is 39.3 Å². The van der Waals surface area contributed by atoms with Crippen molar-refractivity contribution in [3.05, 3.63) is 50.6 Å². The van der Waals surface area contributed by atoms with Crippen molar-refractivity contribution in [3.8, 4) is 0 Å². The second-order valence-electron chi connectivity index (χ2n) is 6.00. The normalized spacial score (nSPS) is 12.0. The highest BCUT2D eigenvalue weighted by Crippen LogP contribution is 2.18. The van der Waals surface area contributed by atoms with E-state index in [9.17, 15) is 18.0 Å². The Hall–Kier alpha value is -2.79. The van der Waals surface area contributed by atoms with E-state index in [-0.39, 0.29) is 29.0 Å². The molecule has 0 fully saturated rings. The molecule has 27 heavy (non-hydrogen) atoms. The zero-order valence-corrected chi connectivity index (χ0v) is 16.0. The van der Waals surface area contributed by atoms with Gasteiger partial charge in [0.15, 0.2) is 0 Å². The van der Waals surface area contributed by atoms with Gasteiger partial charge in [0.2, 0.25) is 10.0 Å². The van der Waals surface area contributed by atoms with Crippen LogP contribution >= 0.6 is 0 Å². The van der Waals surface area contributed by atoms with Crippen LogP contribution < -0.4 is 16.0 Å². The first-order chi connectivity index (χ1) is 12.8. The Labute approximate surface area is 154 Å². The van der Waals surface area contributed by atoms with E-state index in [0.29, 0.717) is 17.9 Å². The third-order valence-electron chi connectivity index (χ3n) is 4.26. The Morgan fingerprint density at radius 1 is 1.26 bits per heavy atom. The van der Waals surface area contributed by atoms with Gasteiger partial charge in [0.1, 0.15) is 10.5 Å². The molecule has 0 aliphatic rings. The molecule has 2 N–H and O–H groups in total. The van der Waals surface area contributed by atoms with E-state index in [2.05, 4.69) is 19.8 Å². The van der Waals surface area contributed by atoms with Crippen LogP contribution in [0.25, 0.3) is 11.0 Å². The molecule has 0 radical (unpaired) electrons. The molecule has 0 saturated heterocycles. The molecule has 0 atom stereocenters. The van der Waals surface area contributed by atoms with E-state index in [0.717, 1.165) is 4.57 Å². The lowest BCUT2D eigenvalue weighted by Gasteiger charge is -2.09. The van der Waals surface area contributed by atoms with Gasteiger partial charge < -0.3 is 0 Å². The Bertz CT molecular complexity index is 1220. The maximum absolute atomic E-state index is 12.6. The van der Waals surface area contributed by atoms with Gasteiger partial charge in [-0.1, -0.05) is 0 Å². The molecule has 0 saturated carbocycles. The number of fused-ring (bicyclic) bond motifs is 1. The van der Waals surface area contributed by atoms with E-state index in [1.54, 1.807) is 30.7 Å². The number of H-pyrrole nitrogens is 1. The molecule has 0 aliphatic carbocycles. The summed E-state index contributed by atoms with van der Waals surface area (Å²) in [7, 11) is -3.82. The minimum Gasteiger partial charge on any atom is -0.291 e. The first-order valence-corrected chi connectivity index (χ1v) is 9.86. The lowest BCUT2D eigenvalue weighted by Crippen LogP contribution is -2.39. The van der Waals surface area contributed by atoms with Crippen molar-refractivity contribution >= 4 is 21.1 Å². The van der Waals surface area contributed by atoms with Crippen LogP contribution in [0.5, 0.6) is 0 Å². The fraction of sp³-hybridized carbons (Fsp3) is 0.375. The zero-order valence-electron chi connectivity index (χ0n) is 15.2. The summed E-state index contributed by atoms with van der Waals surface area (Å²) in [5.41, 5.74) is -0.0331. The van der Waals surface area contributed by atoms with Gasteiger partial charge in [0.05, 0.1) is 16.8 Å². The number of aromatic nitrogens is 5. The van der Waals surface area contributed by atoms with Crippen molar-refractivity contribution in [1.29, 1.82) is 0 Å². The van der Waals surface area contributed by atoms with Gasteiger partial charge in [-0.05, 0) is 32.9 Å². The molecular weight excluding hydrogens is 372 g/mol. The molecule has 0 spiro atoms. The van der Waals surface area contributed by atoms with E-state index in [1.165, 1.54) is 6.20 Å². The SMILES string of the molecule is CCn1nc(C)c(S(=O)(=O)NCCn2c(=O)[nH]c3ncccc3c2=O)c1C. The maximum atomic E-state index is 12.6. The highest BCUT2D eigenvalue weighted by Gasteiger charge is 2.24. The quantitative estimate of drug-likeness (QED) is 0.602. The first kappa shape index (κ1) is 19.0. The molecule has 3 aromatic rings. The summed E-state index contributed by atoms with van der Waals surface area (Å²) in [6.07, 6.45) is 1.47. The van der Waals surface area contributed by atoms with Gasteiger partial charge in [-0.2, -0.15) is 5.10 Å². The third-order valence-corrected chi connectivity index (χ3v) is 5.98. The molecule has 0 aromatic carbocycles. The van der Waals surface area contributed by atoms with Gasteiger partial charge in [0.25, 0.3) is 5.56 Å². The number of hydrogen-bond acceptors (Lipinski definition) is 6. The van der Waals surface area contributed by atoms with Crippen LogP contribution in [0.1, 0.15) is 18.3 Å². The first-order valence-electron chi connectivity index (χ1n) is 8.37. The standard InChI is InChI=1S/C16H20N6O4S/c1-4-22-11(3)13(10(2)20-22)27(25,26)18-8-9-21-15(23)12-6-5-7-17-14(12)19-16(21)24/h5-7,18H,4,8-9H2,1-3H3,(H,17,19,24). The Morgan fingerprint density at radius 3 is 2.67 bits per heavy atom. The number of nitrogens with one attached hydrogen (secondary N) is 2. The van der Waals surface area contributed by atoms with Crippen molar-refractivity contribution < 1.29 is 8.42 Å². The van der Waals surface area contributed by atoms with Gasteiger partial charge in [-0.15, -0.1) is 0 Å². The predicted molar refractivity (Wildman–Crippen MR) is 99.2 cm³/mol. The molecule has 3 aromatic heterocycles. The average Bonchev–Trinajstić information content (AvgIpc) is 2.92. The molecule has 0 bridgehead atoms. The molecule has 3 heterocycles. The fourth-order valence-electron chi connectivity index (χ4n) is 3.03. The predicted octanol–water partition coefficient (Wildman–Crippen LogP) is -0.103. The van der Waals surface area contributed by atoms with Crippen molar-refractivity contribution in [1.82, 2.24) is 29.0 Å². The molecule has 10 nitrogen and oxygen atoms in total. The molecular formula is C16H20N6O4S. The smallest absolute Gasteiger partial charge is 0.291 e. The Balaban J connectivity index is 1.85. The van der Waals surface area contributed by atoms with Gasteiger partial charge in [0, 0.05) is 25.8 Å². The molecule has 0 aliphatic heterocycles. The number of pyridine rings is 1. The Kier molecular flexibility index (Phi) is 4.98. The number of nitrogens with zero attached hydrogens (tertiary/aromatic N) is 4. The van der Waals surface area contributed by atoms with E-state index >= 15 is 0 Å². The summed E-state index contributed by atoms with van der Waals surface area (Å²) in [6.45, 7) is 5.50. The summed E-state index contributed by atoms with van der Waals surface area (Å²) < 4.78 is 30.2. The number of sulfonamides is 1. The van der Waals surface area contributed by atoms with Crippen LogP contribution in [0.3, 0.4) is 0 Å². The highest BCUT2D eigenvalue weighted by atomic mass is 32.2. The van der Waals surface area contributed by atoms with Gasteiger partial charge >= 0.3 is 5.69 Å². The lowest BCUT2D eigenvalue weighted by atomic mass is 10.3. The summed E-state index contributed by atoms with van der Waals surface area (Å²) in [4.78, 5) is 31.1. The van der Waals surface area contributed by atoms with Crippen molar-refractivity contribution in [3.63, 3.8) is 0 Å². The van der Waals surface area contributed by atoms with Crippen molar-refractivity contribution in [2.24, 2.45) is 0 Å². The maximum Gasteiger partial charge on any atom is 0.330 e. The molecule has 0 unspecified atom stereocenters. The summed E-state index contributed by atoms with van der Waals surface area (Å²) >= 11 is 0. The molecule has 3 rings (SSSR count). The molecule has 11 heteroatoms.